The van der Waals surface area contributed by atoms with Gasteiger partial charge in [0.2, 0.25) is 5.75 Å². The molecule has 0 saturated carbocycles. The molecule has 0 saturated heterocycles. The number of carbonyl (C=O) groups excluding carboxylic acids is 3. The maximum absolute atomic E-state index is 12.5. The zero-order valence-electron chi connectivity index (χ0n) is 15.8. The number of carbonyl (C=O) groups is 3. The van der Waals surface area contributed by atoms with Crippen molar-refractivity contribution in [3.05, 3.63) is 40.1 Å². The first-order valence-electron chi connectivity index (χ1n) is 8.15. The Balaban J connectivity index is 2.01. The van der Waals surface area contributed by atoms with Crippen LogP contribution in [0.25, 0.3) is 0 Å². The molecule has 3 amide bonds. The van der Waals surface area contributed by atoms with Crippen LogP contribution in [0.15, 0.2) is 29.6 Å². The number of rotatable bonds is 7. The minimum absolute atomic E-state index is 0.219. The summed E-state index contributed by atoms with van der Waals surface area (Å²) in [7, 11) is 4.33. The van der Waals surface area contributed by atoms with Crippen molar-refractivity contribution in [3.63, 3.8) is 0 Å². The molecule has 1 atom stereocenters. The Morgan fingerprint density at radius 1 is 0.964 bits per heavy atom. The highest BCUT2D eigenvalue weighted by Crippen LogP contribution is 2.38. The van der Waals surface area contributed by atoms with Crippen LogP contribution in [0.1, 0.15) is 27.0 Å². The molecular formula is C18H21N3O6S. The van der Waals surface area contributed by atoms with Crippen LogP contribution < -0.4 is 30.4 Å². The normalized spacial score (nSPS) is 11.1. The van der Waals surface area contributed by atoms with E-state index in [1.165, 1.54) is 51.7 Å². The first-order valence-corrected chi connectivity index (χ1v) is 9.03. The molecule has 9 nitrogen and oxygen atoms in total. The summed E-state index contributed by atoms with van der Waals surface area (Å²) in [5, 5.41) is 4.29. The van der Waals surface area contributed by atoms with Crippen molar-refractivity contribution < 1.29 is 28.6 Å². The topological polar surface area (TPSA) is 115 Å². The SMILES string of the molecule is COc1cc(C(=O)N[C@@H](C)C(=O)NNC(=O)c2cccs2)cc(OC)c1OC. The van der Waals surface area contributed by atoms with E-state index in [9.17, 15) is 14.4 Å². The quantitative estimate of drug-likeness (QED) is 0.597. The van der Waals surface area contributed by atoms with Crippen molar-refractivity contribution in [2.24, 2.45) is 0 Å². The largest absolute Gasteiger partial charge is 0.493 e. The molecule has 0 unspecified atom stereocenters. The van der Waals surface area contributed by atoms with Gasteiger partial charge in [0.25, 0.3) is 17.7 Å². The monoisotopic (exact) mass is 407 g/mol. The Morgan fingerprint density at radius 3 is 2.11 bits per heavy atom. The van der Waals surface area contributed by atoms with Crippen molar-refractivity contribution >= 4 is 29.1 Å². The molecule has 0 bridgehead atoms. The smallest absolute Gasteiger partial charge is 0.279 e. The second-order valence-corrected chi connectivity index (χ2v) is 6.48. The predicted octanol–water partition coefficient (Wildman–Crippen LogP) is 1.35. The van der Waals surface area contributed by atoms with Gasteiger partial charge in [0.1, 0.15) is 6.04 Å². The third-order valence-corrected chi connectivity index (χ3v) is 4.58. The summed E-state index contributed by atoms with van der Waals surface area (Å²) in [6.07, 6.45) is 0. The average Bonchev–Trinajstić information content (AvgIpc) is 3.25. The molecule has 2 rings (SSSR count). The summed E-state index contributed by atoms with van der Waals surface area (Å²) in [6, 6.07) is 5.39. The van der Waals surface area contributed by atoms with Crippen molar-refractivity contribution in [3.8, 4) is 17.2 Å². The molecule has 0 radical (unpaired) electrons. The molecule has 1 heterocycles. The number of hydrogen-bond acceptors (Lipinski definition) is 7. The number of hydrazine groups is 1. The number of ether oxygens (including phenoxy) is 3. The van der Waals surface area contributed by atoms with Crippen molar-refractivity contribution in [2.75, 3.05) is 21.3 Å². The Bertz CT molecular complexity index is 828. The van der Waals surface area contributed by atoms with Gasteiger partial charge in [-0.3, -0.25) is 25.2 Å². The standard InChI is InChI=1S/C18H21N3O6S/c1-10(16(22)20-21-18(24)14-6-5-7-28-14)19-17(23)11-8-12(25-2)15(27-4)13(9-11)26-3/h5-10H,1-4H3,(H,19,23)(H,20,22)(H,21,24)/t10-/m0/s1. The molecule has 2 aromatic rings. The van der Waals surface area contributed by atoms with Gasteiger partial charge >= 0.3 is 0 Å². The van der Waals surface area contributed by atoms with Gasteiger partial charge in [-0.2, -0.15) is 0 Å². The number of thiophene rings is 1. The lowest BCUT2D eigenvalue weighted by Gasteiger charge is -2.16. The van der Waals surface area contributed by atoms with Crippen LogP contribution in [0, 0.1) is 0 Å². The molecular weight excluding hydrogens is 386 g/mol. The third kappa shape index (κ3) is 4.92. The van der Waals surface area contributed by atoms with Gasteiger partial charge in [-0.25, -0.2) is 0 Å². The van der Waals surface area contributed by atoms with Crippen LogP contribution in [0.2, 0.25) is 0 Å². The maximum atomic E-state index is 12.5. The Morgan fingerprint density at radius 2 is 1.61 bits per heavy atom. The van der Waals surface area contributed by atoms with E-state index in [0.29, 0.717) is 22.1 Å². The van der Waals surface area contributed by atoms with E-state index in [4.69, 9.17) is 14.2 Å². The highest BCUT2D eigenvalue weighted by atomic mass is 32.1. The molecule has 0 fully saturated rings. The molecule has 3 N–H and O–H groups in total. The van der Waals surface area contributed by atoms with Crippen molar-refractivity contribution in [2.45, 2.75) is 13.0 Å². The second kappa shape index (κ2) is 9.60. The van der Waals surface area contributed by atoms with E-state index >= 15 is 0 Å². The summed E-state index contributed by atoms with van der Waals surface area (Å²) >= 11 is 1.24. The van der Waals surface area contributed by atoms with Gasteiger partial charge in [0.05, 0.1) is 26.2 Å². The molecule has 1 aromatic carbocycles. The van der Waals surface area contributed by atoms with E-state index in [-0.39, 0.29) is 5.56 Å². The van der Waals surface area contributed by atoms with Gasteiger partial charge in [0, 0.05) is 5.56 Å². The van der Waals surface area contributed by atoms with Gasteiger partial charge in [-0.15, -0.1) is 11.3 Å². The highest BCUT2D eigenvalue weighted by molar-refractivity contribution is 7.12. The number of hydrogen-bond donors (Lipinski definition) is 3. The Hall–Kier alpha value is -3.27. The lowest BCUT2D eigenvalue weighted by atomic mass is 10.1. The summed E-state index contributed by atoms with van der Waals surface area (Å²) < 4.78 is 15.6. The molecule has 0 aliphatic heterocycles. The first kappa shape index (κ1) is 21.0. The minimum Gasteiger partial charge on any atom is -0.493 e. The molecule has 10 heteroatoms. The van der Waals surface area contributed by atoms with Gasteiger partial charge in [-0.1, -0.05) is 6.07 Å². The molecule has 1 aromatic heterocycles. The second-order valence-electron chi connectivity index (χ2n) is 5.53. The molecule has 0 spiro atoms. The minimum atomic E-state index is -0.907. The van der Waals surface area contributed by atoms with E-state index in [0.717, 1.165) is 0 Å². The van der Waals surface area contributed by atoms with Gasteiger partial charge in [-0.05, 0) is 30.5 Å². The maximum Gasteiger partial charge on any atom is 0.279 e. The van der Waals surface area contributed by atoms with E-state index in [2.05, 4.69) is 16.2 Å². The summed E-state index contributed by atoms with van der Waals surface area (Å²) in [4.78, 5) is 36.9. The van der Waals surface area contributed by atoms with E-state index in [1.54, 1.807) is 17.5 Å². The Kier molecular flexibility index (Phi) is 7.21. The fraction of sp³-hybridized carbons (Fsp3) is 0.278. The molecule has 28 heavy (non-hydrogen) atoms. The van der Waals surface area contributed by atoms with Crippen LogP contribution in [0.3, 0.4) is 0 Å². The lowest BCUT2D eigenvalue weighted by Crippen LogP contribution is -2.51. The zero-order chi connectivity index (χ0) is 20.7. The lowest BCUT2D eigenvalue weighted by molar-refractivity contribution is -0.123. The number of amides is 3. The number of nitrogens with one attached hydrogen (secondary N) is 3. The fourth-order valence-corrected chi connectivity index (χ4v) is 2.87. The summed E-state index contributed by atoms with van der Waals surface area (Å²) in [5.41, 5.74) is 4.79. The average molecular weight is 407 g/mol. The summed E-state index contributed by atoms with van der Waals surface area (Å²) in [6.45, 7) is 1.49. The highest BCUT2D eigenvalue weighted by Gasteiger charge is 2.21. The van der Waals surface area contributed by atoms with Crippen LogP contribution >= 0.6 is 11.3 Å². The summed E-state index contributed by atoms with van der Waals surface area (Å²) in [5.74, 6) is -0.563. The molecule has 0 aliphatic carbocycles. The van der Waals surface area contributed by atoms with Crippen LogP contribution in [-0.2, 0) is 4.79 Å². The number of methoxy groups -OCH3 is 3. The van der Waals surface area contributed by atoms with Crippen molar-refractivity contribution in [1.29, 1.82) is 0 Å². The van der Waals surface area contributed by atoms with E-state index < -0.39 is 23.8 Å². The zero-order valence-corrected chi connectivity index (χ0v) is 16.6. The Labute approximate surface area is 165 Å². The van der Waals surface area contributed by atoms with E-state index in [1.807, 2.05) is 0 Å². The predicted molar refractivity (Wildman–Crippen MR) is 103 cm³/mol. The molecule has 0 aliphatic rings. The number of benzene rings is 1. The molecule has 150 valence electrons. The third-order valence-electron chi connectivity index (χ3n) is 3.71. The van der Waals surface area contributed by atoms with Crippen molar-refractivity contribution in [1.82, 2.24) is 16.2 Å². The van der Waals surface area contributed by atoms with Gasteiger partial charge in [0.15, 0.2) is 11.5 Å². The first-order chi connectivity index (χ1) is 13.4. The van der Waals surface area contributed by atoms with Crippen LogP contribution in [-0.4, -0.2) is 45.1 Å². The van der Waals surface area contributed by atoms with Crippen LogP contribution in [0.5, 0.6) is 17.2 Å². The van der Waals surface area contributed by atoms with Crippen LogP contribution in [0.4, 0.5) is 0 Å². The van der Waals surface area contributed by atoms with Gasteiger partial charge < -0.3 is 19.5 Å². The fourth-order valence-electron chi connectivity index (χ4n) is 2.25.